The highest BCUT2D eigenvalue weighted by Gasteiger charge is 2.33. The molecule has 0 radical (unpaired) electrons. The third-order valence-corrected chi connectivity index (χ3v) is 4.63. The number of carbonyl (C=O) groups is 1. The lowest BCUT2D eigenvalue weighted by atomic mass is 10.0. The van der Waals surface area contributed by atoms with Gasteiger partial charge in [0.15, 0.2) is 0 Å². The molecule has 1 saturated carbocycles. The highest BCUT2D eigenvalue weighted by atomic mass is 16.5. The molecular formula is C20H20N2O2. The van der Waals surface area contributed by atoms with Gasteiger partial charge in [0, 0.05) is 10.9 Å². The van der Waals surface area contributed by atoms with Gasteiger partial charge in [-0.05, 0) is 48.6 Å². The van der Waals surface area contributed by atoms with Crippen molar-refractivity contribution in [3.8, 4) is 5.75 Å². The van der Waals surface area contributed by atoms with Gasteiger partial charge in [0.05, 0.1) is 13.2 Å². The molecule has 1 atom stereocenters. The molecule has 0 aliphatic heterocycles. The molecule has 0 spiro atoms. The molecule has 2 aromatic carbocycles. The van der Waals surface area contributed by atoms with E-state index in [0.29, 0.717) is 11.6 Å². The molecule has 1 unspecified atom stereocenters. The summed E-state index contributed by atoms with van der Waals surface area (Å²) in [6.07, 6.45) is 2.31. The summed E-state index contributed by atoms with van der Waals surface area (Å²) >= 11 is 0. The molecule has 1 amide bonds. The van der Waals surface area contributed by atoms with E-state index in [-0.39, 0.29) is 11.9 Å². The Morgan fingerprint density at radius 2 is 1.92 bits per heavy atom. The maximum absolute atomic E-state index is 12.7. The third-order valence-electron chi connectivity index (χ3n) is 4.63. The summed E-state index contributed by atoms with van der Waals surface area (Å²) in [5, 5.41) is 4.25. The highest BCUT2D eigenvalue weighted by molar-refractivity contribution is 5.98. The van der Waals surface area contributed by atoms with Crippen LogP contribution in [0.1, 0.15) is 34.9 Å². The Bertz CT molecular complexity index is 830. The smallest absolute Gasteiger partial charge is 0.268 e. The van der Waals surface area contributed by atoms with E-state index in [2.05, 4.69) is 10.3 Å². The molecule has 0 bridgehead atoms. The van der Waals surface area contributed by atoms with Crippen LogP contribution in [-0.4, -0.2) is 18.0 Å². The second-order valence-electron chi connectivity index (χ2n) is 6.33. The minimum absolute atomic E-state index is 0.0508. The van der Waals surface area contributed by atoms with Gasteiger partial charge < -0.3 is 15.0 Å². The van der Waals surface area contributed by atoms with Crippen LogP contribution in [0.2, 0.25) is 0 Å². The third kappa shape index (κ3) is 2.87. The highest BCUT2D eigenvalue weighted by Crippen LogP contribution is 2.41. The van der Waals surface area contributed by atoms with Crippen molar-refractivity contribution in [3.63, 3.8) is 0 Å². The van der Waals surface area contributed by atoms with Crippen molar-refractivity contribution in [1.29, 1.82) is 0 Å². The SMILES string of the molecule is COc1ccc(C(NC(=O)c2cc3ccccc3[nH]2)C2CC2)cc1. The number of hydrogen-bond acceptors (Lipinski definition) is 2. The summed E-state index contributed by atoms with van der Waals surface area (Å²) in [5.74, 6) is 1.29. The first kappa shape index (κ1) is 14.8. The molecule has 122 valence electrons. The summed E-state index contributed by atoms with van der Waals surface area (Å²) in [6, 6.07) is 17.8. The topological polar surface area (TPSA) is 54.1 Å². The van der Waals surface area contributed by atoms with E-state index in [1.54, 1.807) is 7.11 Å². The number of amides is 1. The van der Waals surface area contributed by atoms with Crippen molar-refractivity contribution in [2.75, 3.05) is 7.11 Å². The van der Waals surface area contributed by atoms with Crippen LogP contribution in [-0.2, 0) is 0 Å². The molecule has 0 saturated heterocycles. The van der Waals surface area contributed by atoms with Crippen molar-refractivity contribution in [3.05, 3.63) is 65.9 Å². The Kier molecular flexibility index (Phi) is 3.73. The van der Waals surface area contributed by atoms with Crippen molar-refractivity contribution in [1.82, 2.24) is 10.3 Å². The van der Waals surface area contributed by atoms with Crippen LogP contribution in [0.5, 0.6) is 5.75 Å². The minimum Gasteiger partial charge on any atom is -0.497 e. The van der Waals surface area contributed by atoms with Crippen molar-refractivity contribution < 1.29 is 9.53 Å². The summed E-state index contributed by atoms with van der Waals surface area (Å²) in [7, 11) is 1.66. The summed E-state index contributed by atoms with van der Waals surface area (Å²) in [4.78, 5) is 15.9. The van der Waals surface area contributed by atoms with E-state index >= 15 is 0 Å². The van der Waals surface area contributed by atoms with Crippen LogP contribution < -0.4 is 10.1 Å². The number of rotatable bonds is 5. The Balaban J connectivity index is 1.56. The van der Waals surface area contributed by atoms with E-state index in [0.717, 1.165) is 35.1 Å². The van der Waals surface area contributed by atoms with E-state index in [4.69, 9.17) is 4.74 Å². The normalized spacial score (nSPS) is 15.2. The number of hydrogen-bond donors (Lipinski definition) is 2. The zero-order valence-corrected chi connectivity index (χ0v) is 13.6. The monoisotopic (exact) mass is 320 g/mol. The number of methoxy groups -OCH3 is 1. The Morgan fingerprint density at radius 3 is 2.58 bits per heavy atom. The Hall–Kier alpha value is -2.75. The van der Waals surface area contributed by atoms with Crippen LogP contribution in [0.25, 0.3) is 10.9 Å². The lowest BCUT2D eigenvalue weighted by Crippen LogP contribution is -2.30. The van der Waals surface area contributed by atoms with E-state index in [1.165, 1.54) is 0 Å². The average Bonchev–Trinajstić information content (AvgIpc) is 3.37. The molecule has 1 aliphatic rings. The van der Waals surface area contributed by atoms with Crippen molar-refractivity contribution >= 4 is 16.8 Å². The van der Waals surface area contributed by atoms with Crippen LogP contribution in [0.15, 0.2) is 54.6 Å². The fourth-order valence-corrected chi connectivity index (χ4v) is 3.13. The molecule has 1 heterocycles. The second-order valence-corrected chi connectivity index (χ2v) is 6.33. The number of nitrogens with one attached hydrogen (secondary N) is 2. The zero-order chi connectivity index (χ0) is 16.5. The maximum atomic E-state index is 12.7. The molecule has 1 fully saturated rings. The van der Waals surface area contributed by atoms with Gasteiger partial charge >= 0.3 is 0 Å². The van der Waals surface area contributed by atoms with Crippen LogP contribution in [0.4, 0.5) is 0 Å². The fraction of sp³-hybridized carbons (Fsp3) is 0.250. The Labute approximate surface area is 140 Å². The number of fused-ring (bicyclic) bond motifs is 1. The lowest BCUT2D eigenvalue weighted by Gasteiger charge is -2.18. The number of aromatic nitrogens is 1. The molecule has 4 heteroatoms. The number of benzene rings is 2. The number of H-pyrrole nitrogens is 1. The molecular weight excluding hydrogens is 300 g/mol. The number of carbonyl (C=O) groups excluding carboxylic acids is 1. The minimum atomic E-state index is -0.0566. The molecule has 1 aliphatic carbocycles. The summed E-state index contributed by atoms with van der Waals surface area (Å²) < 4.78 is 5.22. The van der Waals surface area contributed by atoms with Crippen molar-refractivity contribution in [2.45, 2.75) is 18.9 Å². The van der Waals surface area contributed by atoms with Crippen LogP contribution >= 0.6 is 0 Å². The number of para-hydroxylation sites is 1. The van der Waals surface area contributed by atoms with Crippen LogP contribution in [0.3, 0.4) is 0 Å². The van der Waals surface area contributed by atoms with E-state index in [1.807, 2.05) is 54.6 Å². The zero-order valence-electron chi connectivity index (χ0n) is 13.6. The van der Waals surface area contributed by atoms with Gasteiger partial charge in [0.2, 0.25) is 0 Å². The molecule has 24 heavy (non-hydrogen) atoms. The summed E-state index contributed by atoms with van der Waals surface area (Å²) in [6.45, 7) is 0. The van der Waals surface area contributed by atoms with E-state index in [9.17, 15) is 4.79 Å². The van der Waals surface area contributed by atoms with Gasteiger partial charge in [-0.1, -0.05) is 30.3 Å². The first-order chi connectivity index (χ1) is 11.7. The number of aromatic amines is 1. The lowest BCUT2D eigenvalue weighted by molar-refractivity contribution is 0.0927. The van der Waals surface area contributed by atoms with Gasteiger partial charge in [-0.2, -0.15) is 0 Å². The summed E-state index contributed by atoms with van der Waals surface area (Å²) in [5.41, 5.74) is 2.72. The van der Waals surface area contributed by atoms with Gasteiger partial charge in [-0.3, -0.25) is 4.79 Å². The van der Waals surface area contributed by atoms with Gasteiger partial charge in [-0.15, -0.1) is 0 Å². The predicted molar refractivity (Wildman–Crippen MR) is 94.2 cm³/mol. The first-order valence-corrected chi connectivity index (χ1v) is 8.27. The van der Waals surface area contributed by atoms with Gasteiger partial charge in [0.25, 0.3) is 5.91 Å². The largest absolute Gasteiger partial charge is 0.497 e. The molecule has 1 aromatic heterocycles. The second kappa shape index (κ2) is 6.04. The van der Waals surface area contributed by atoms with E-state index < -0.39 is 0 Å². The molecule has 2 N–H and O–H groups in total. The van der Waals surface area contributed by atoms with Gasteiger partial charge in [0.1, 0.15) is 11.4 Å². The first-order valence-electron chi connectivity index (χ1n) is 8.27. The molecule has 4 rings (SSSR count). The average molecular weight is 320 g/mol. The fourth-order valence-electron chi connectivity index (χ4n) is 3.13. The standard InChI is InChI=1S/C20H20N2O2/c1-24-16-10-8-14(9-11-16)19(13-6-7-13)22-20(23)18-12-15-4-2-3-5-17(15)21-18/h2-5,8-13,19,21H,6-7H2,1H3,(H,22,23). The number of ether oxygens (including phenoxy) is 1. The van der Waals surface area contributed by atoms with Crippen molar-refractivity contribution in [2.24, 2.45) is 5.92 Å². The molecule has 4 nitrogen and oxygen atoms in total. The Morgan fingerprint density at radius 1 is 1.17 bits per heavy atom. The van der Waals surface area contributed by atoms with Crippen LogP contribution in [0, 0.1) is 5.92 Å². The van der Waals surface area contributed by atoms with Gasteiger partial charge in [-0.25, -0.2) is 0 Å². The maximum Gasteiger partial charge on any atom is 0.268 e. The molecule has 3 aromatic rings. The quantitative estimate of drug-likeness (QED) is 0.745. The predicted octanol–water partition coefficient (Wildman–Crippen LogP) is 4.06.